The molecule has 25 heavy (non-hydrogen) atoms. The van der Waals surface area contributed by atoms with Crippen molar-refractivity contribution < 1.29 is 9.84 Å². The maximum atomic E-state index is 10.5. The van der Waals surface area contributed by atoms with Crippen LogP contribution in [-0.2, 0) is 11.3 Å². The quantitative estimate of drug-likeness (QED) is 0.875. The van der Waals surface area contributed by atoms with E-state index >= 15 is 0 Å². The molecule has 2 fully saturated rings. The van der Waals surface area contributed by atoms with Crippen LogP contribution in [0.5, 0.6) is 5.75 Å². The number of hydrogen-bond donors (Lipinski definition) is 2. The van der Waals surface area contributed by atoms with Crippen LogP contribution in [0, 0.1) is 6.92 Å². The number of hydrogen-bond acceptors (Lipinski definition) is 5. The summed E-state index contributed by atoms with van der Waals surface area (Å²) in [5.74, 6) is 0.938. The Morgan fingerprint density at radius 2 is 1.92 bits per heavy atom. The van der Waals surface area contributed by atoms with Crippen LogP contribution in [0.2, 0.25) is 0 Å². The van der Waals surface area contributed by atoms with Gasteiger partial charge >= 0.3 is 0 Å². The molecule has 2 heterocycles. The van der Waals surface area contributed by atoms with Gasteiger partial charge in [-0.25, -0.2) is 0 Å². The average Bonchev–Trinajstić information content (AvgIpc) is 3.46. The van der Waals surface area contributed by atoms with Crippen molar-refractivity contribution in [3.05, 3.63) is 41.1 Å². The molecule has 5 heteroatoms. The van der Waals surface area contributed by atoms with Gasteiger partial charge < -0.3 is 15.2 Å². The number of phenolic OH excluding ortho intramolecular Hbond substituents is 1. The van der Waals surface area contributed by atoms with Crippen molar-refractivity contribution in [3.8, 4) is 17.0 Å². The van der Waals surface area contributed by atoms with Crippen LogP contribution in [0.15, 0.2) is 24.3 Å². The molecular formula is C20H25N3O2. The summed E-state index contributed by atoms with van der Waals surface area (Å²) in [6, 6.07) is 8.50. The molecule has 132 valence electrons. The van der Waals surface area contributed by atoms with E-state index in [0.717, 1.165) is 48.6 Å². The van der Waals surface area contributed by atoms with E-state index in [1.807, 2.05) is 25.1 Å². The number of benzene rings is 1. The van der Waals surface area contributed by atoms with Crippen LogP contribution in [-0.4, -0.2) is 34.6 Å². The van der Waals surface area contributed by atoms with E-state index in [-0.39, 0.29) is 0 Å². The topological polar surface area (TPSA) is 67.3 Å². The van der Waals surface area contributed by atoms with E-state index in [1.54, 1.807) is 0 Å². The fourth-order valence-electron chi connectivity index (χ4n) is 3.52. The van der Waals surface area contributed by atoms with Crippen LogP contribution in [0.1, 0.15) is 48.4 Å². The highest BCUT2D eigenvalue weighted by Crippen LogP contribution is 2.43. The highest BCUT2D eigenvalue weighted by Gasteiger charge is 2.25. The Morgan fingerprint density at radius 3 is 2.56 bits per heavy atom. The van der Waals surface area contributed by atoms with Crippen molar-refractivity contribution in [1.29, 1.82) is 0 Å². The summed E-state index contributed by atoms with van der Waals surface area (Å²) < 4.78 is 5.37. The van der Waals surface area contributed by atoms with Crippen LogP contribution in [0.4, 0.5) is 0 Å². The first kappa shape index (κ1) is 16.5. The van der Waals surface area contributed by atoms with Crippen LogP contribution in [0.25, 0.3) is 11.3 Å². The summed E-state index contributed by atoms with van der Waals surface area (Å²) >= 11 is 0. The van der Waals surface area contributed by atoms with Crippen molar-refractivity contribution in [2.75, 3.05) is 13.2 Å². The fourth-order valence-corrected chi connectivity index (χ4v) is 3.52. The Hall–Kier alpha value is -1.98. The second kappa shape index (κ2) is 7.10. The van der Waals surface area contributed by atoms with Gasteiger partial charge in [-0.1, -0.05) is 6.07 Å². The van der Waals surface area contributed by atoms with Crippen molar-refractivity contribution in [3.63, 3.8) is 0 Å². The zero-order chi connectivity index (χ0) is 17.2. The summed E-state index contributed by atoms with van der Waals surface area (Å²) in [6.07, 6.45) is 4.55. The number of aryl methyl sites for hydroxylation is 1. The molecule has 0 amide bonds. The number of aromatic hydroxyl groups is 1. The number of nitrogens with zero attached hydrogens (tertiary/aromatic N) is 2. The van der Waals surface area contributed by atoms with Crippen molar-refractivity contribution in [2.45, 2.75) is 51.1 Å². The molecule has 1 aliphatic heterocycles. The SMILES string of the molecule is Cc1cc(C2CC2)cc(O)c1-c1ccc(CNC2CCOCC2)nn1. The monoisotopic (exact) mass is 339 g/mol. The van der Waals surface area contributed by atoms with Crippen LogP contribution >= 0.6 is 0 Å². The van der Waals surface area contributed by atoms with Gasteiger partial charge in [0, 0.05) is 31.4 Å². The fraction of sp³-hybridized carbons (Fsp3) is 0.500. The lowest BCUT2D eigenvalue weighted by molar-refractivity contribution is 0.0775. The standard InChI is InChI=1S/C20H25N3O2/c1-13-10-15(14-2-3-14)11-19(24)20(13)18-5-4-17(22-23-18)12-21-16-6-8-25-9-7-16/h4-5,10-11,14,16,21,24H,2-3,6-9,12H2,1H3. The summed E-state index contributed by atoms with van der Waals surface area (Å²) in [6.45, 7) is 4.40. The van der Waals surface area contributed by atoms with Crippen LogP contribution in [0.3, 0.4) is 0 Å². The minimum absolute atomic E-state index is 0.310. The zero-order valence-corrected chi connectivity index (χ0v) is 14.7. The van der Waals surface area contributed by atoms with E-state index in [1.165, 1.54) is 18.4 Å². The zero-order valence-electron chi connectivity index (χ0n) is 14.7. The average molecular weight is 339 g/mol. The maximum absolute atomic E-state index is 10.5. The normalized spacial score (nSPS) is 18.4. The summed E-state index contributed by atoms with van der Waals surface area (Å²) in [7, 11) is 0. The summed E-state index contributed by atoms with van der Waals surface area (Å²) in [5, 5.41) is 22.7. The number of ether oxygens (including phenoxy) is 1. The molecule has 2 aromatic rings. The molecule has 1 aromatic carbocycles. The van der Waals surface area contributed by atoms with E-state index in [9.17, 15) is 5.11 Å². The first-order valence-corrected chi connectivity index (χ1v) is 9.18. The highest BCUT2D eigenvalue weighted by atomic mass is 16.5. The molecule has 1 aromatic heterocycles. The predicted molar refractivity (Wildman–Crippen MR) is 96.5 cm³/mol. The van der Waals surface area contributed by atoms with Crippen molar-refractivity contribution >= 4 is 0 Å². The molecule has 0 atom stereocenters. The lowest BCUT2D eigenvalue weighted by atomic mass is 9.99. The Kier molecular flexibility index (Phi) is 4.68. The Labute approximate surface area is 148 Å². The molecular weight excluding hydrogens is 314 g/mol. The number of rotatable bonds is 5. The minimum Gasteiger partial charge on any atom is -0.507 e. The Morgan fingerprint density at radius 1 is 1.12 bits per heavy atom. The first-order valence-electron chi connectivity index (χ1n) is 9.18. The van der Waals surface area contributed by atoms with E-state index in [2.05, 4.69) is 21.6 Å². The molecule has 0 unspecified atom stereocenters. The van der Waals surface area contributed by atoms with Crippen molar-refractivity contribution in [2.24, 2.45) is 0 Å². The Bertz CT molecular complexity index is 712. The van der Waals surface area contributed by atoms with Gasteiger partial charge in [0.05, 0.1) is 11.4 Å². The third-order valence-electron chi connectivity index (χ3n) is 5.15. The van der Waals surface area contributed by atoms with E-state index in [0.29, 0.717) is 24.3 Å². The van der Waals surface area contributed by atoms with E-state index < -0.39 is 0 Å². The van der Waals surface area contributed by atoms with Crippen LogP contribution < -0.4 is 5.32 Å². The molecule has 1 saturated carbocycles. The third kappa shape index (κ3) is 3.83. The van der Waals surface area contributed by atoms with Gasteiger partial charge in [0.1, 0.15) is 5.75 Å². The molecule has 4 rings (SSSR count). The molecule has 0 spiro atoms. The van der Waals surface area contributed by atoms with Gasteiger partial charge in [0.2, 0.25) is 0 Å². The molecule has 1 saturated heterocycles. The highest BCUT2D eigenvalue weighted by molar-refractivity contribution is 5.71. The first-order chi connectivity index (χ1) is 12.2. The van der Waals surface area contributed by atoms with Gasteiger partial charge in [0.15, 0.2) is 0 Å². The van der Waals surface area contributed by atoms with Gasteiger partial charge in [-0.2, -0.15) is 10.2 Å². The second-order valence-electron chi connectivity index (χ2n) is 7.18. The molecule has 5 nitrogen and oxygen atoms in total. The summed E-state index contributed by atoms with van der Waals surface area (Å²) in [4.78, 5) is 0. The predicted octanol–water partition coefficient (Wildman–Crippen LogP) is 3.30. The molecule has 0 radical (unpaired) electrons. The molecule has 2 aliphatic rings. The molecule has 2 N–H and O–H groups in total. The second-order valence-corrected chi connectivity index (χ2v) is 7.18. The maximum Gasteiger partial charge on any atom is 0.125 e. The lowest BCUT2D eigenvalue weighted by Gasteiger charge is -2.22. The largest absolute Gasteiger partial charge is 0.507 e. The van der Waals surface area contributed by atoms with Crippen molar-refractivity contribution in [1.82, 2.24) is 15.5 Å². The van der Waals surface area contributed by atoms with Gasteiger partial charge in [-0.3, -0.25) is 0 Å². The molecule has 0 bridgehead atoms. The minimum atomic E-state index is 0.310. The number of aromatic nitrogens is 2. The Balaban J connectivity index is 1.46. The number of nitrogens with one attached hydrogen (secondary N) is 1. The summed E-state index contributed by atoms with van der Waals surface area (Å²) in [5.41, 5.74) is 4.74. The molecule has 1 aliphatic carbocycles. The smallest absolute Gasteiger partial charge is 0.125 e. The van der Waals surface area contributed by atoms with E-state index in [4.69, 9.17) is 4.74 Å². The lowest BCUT2D eigenvalue weighted by Crippen LogP contribution is -2.34. The number of phenols is 1. The third-order valence-corrected chi connectivity index (χ3v) is 5.15. The van der Waals surface area contributed by atoms with Gasteiger partial charge in [-0.05, 0) is 67.9 Å². The van der Waals surface area contributed by atoms with Gasteiger partial charge in [0.25, 0.3) is 0 Å². The van der Waals surface area contributed by atoms with Gasteiger partial charge in [-0.15, -0.1) is 0 Å².